The molecule has 2 aromatic rings. The number of nitrogens with zero attached hydrogens (tertiary/aromatic N) is 1. The molecular formula is C18H21N3O2. The Hall–Kier alpha value is -2.14. The highest BCUT2D eigenvalue weighted by Gasteiger charge is 2.26. The molecule has 1 aromatic carbocycles. The maximum Gasteiger partial charge on any atom is 0.273 e. The first kappa shape index (κ1) is 14.5. The number of nitrogens with one attached hydrogen (secondary N) is 2. The molecule has 4 rings (SSSR count). The van der Waals surface area contributed by atoms with Crippen LogP contribution in [0.5, 0.6) is 0 Å². The Morgan fingerprint density at radius 1 is 1.30 bits per heavy atom. The molecule has 2 N–H and O–H groups in total. The van der Waals surface area contributed by atoms with Crippen LogP contribution in [0.15, 0.2) is 34.9 Å². The second-order valence-electron chi connectivity index (χ2n) is 6.38. The third-order valence-corrected chi connectivity index (χ3v) is 4.84. The Labute approximate surface area is 135 Å². The second-order valence-corrected chi connectivity index (χ2v) is 6.38. The average Bonchev–Trinajstić information content (AvgIpc) is 3.24. The predicted octanol–water partition coefficient (Wildman–Crippen LogP) is 2.56. The van der Waals surface area contributed by atoms with Crippen LogP contribution in [0.3, 0.4) is 0 Å². The number of carbonyl (C=O) groups excluding carboxylic acids is 1. The van der Waals surface area contributed by atoms with Crippen LogP contribution in [0.1, 0.15) is 58.7 Å². The van der Waals surface area contributed by atoms with Crippen molar-refractivity contribution in [3.63, 3.8) is 0 Å². The van der Waals surface area contributed by atoms with Gasteiger partial charge in [0.2, 0.25) is 0 Å². The van der Waals surface area contributed by atoms with Crippen LogP contribution in [0, 0.1) is 0 Å². The van der Waals surface area contributed by atoms with E-state index >= 15 is 0 Å². The Morgan fingerprint density at radius 2 is 2.22 bits per heavy atom. The number of piperidine rings is 1. The molecule has 1 aliphatic heterocycles. The van der Waals surface area contributed by atoms with Crippen LogP contribution < -0.4 is 10.6 Å². The van der Waals surface area contributed by atoms with E-state index in [9.17, 15) is 4.79 Å². The third-order valence-electron chi connectivity index (χ3n) is 4.84. The third kappa shape index (κ3) is 2.88. The number of benzene rings is 1. The van der Waals surface area contributed by atoms with E-state index in [1.165, 1.54) is 17.4 Å². The number of carbonyl (C=O) groups is 1. The molecule has 1 saturated heterocycles. The largest absolute Gasteiger partial charge is 0.448 e. The zero-order valence-corrected chi connectivity index (χ0v) is 13.0. The Morgan fingerprint density at radius 3 is 3.09 bits per heavy atom. The van der Waals surface area contributed by atoms with Crippen LogP contribution >= 0.6 is 0 Å². The van der Waals surface area contributed by atoms with Crippen molar-refractivity contribution in [3.05, 3.63) is 53.2 Å². The fourth-order valence-electron chi connectivity index (χ4n) is 3.58. The summed E-state index contributed by atoms with van der Waals surface area (Å²) in [7, 11) is 0. The fraction of sp³-hybridized carbons (Fsp3) is 0.444. The first-order chi connectivity index (χ1) is 11.3. The van der Waals surface area contributed by atoms with Gasteiger partial charge in [0.1, 0.15) is 6.26 Å². The molecule has 2 atom stereocenters. The van der Waals surface area contributed by atoms with Gasteiger partial charge in [-0.15, -0.1) is 0 Å². The normalized spacial score (nSPS) is 23.5. The maximum atomic E-state index is 12.5. The van der Waals surface area contributed by atoms with Crippen LogP contribution in [-0.4, -0.2) is 24.0 Å². The minimum Gasteiger partial charge on any atom is -0.448 e. The number of hydrogen-bond acceptors (Lipinski definition) is 4. The molecule has 2 unspecified atom stereocenters. The van der Waals surface area contributed by atoms with Crippen molar-refractivity contribution in [2.45, 2.75) is 37.6 Å². The first-order valence-corrected chi connectivity index (χ1v) is 8.36. The Balaban J connectivity index is 1.45. The van der Waals surface area contributed by atoms with E-state index in [4.69, 9.17) is 4.42 Å². The molecule has 23 heavy (non-hydrogen) atoms. The minimum atomic E-state index is -0.148. The van der Waals surface area contributed by atoms with Gasteiger partial charge in [-0.25, -0.2) is 4.98 Å². The summed E-state index contributed by atoms with van der Waals surface area (Å²) in [4.78, 5) is 16.9. The van der Waals surface area contributed by atoms with E-state index in [1.807, 2.05) is 12.1 Å². The molecule has 1 amide bonds. The minimum absolute atomic E-state index is 0.0789. The molecule has 2 heterocycles. The van der Waals surface area contributed by atoms with Gasteiger partial charge in [0.05, 0.1) is 6.04 Å². The van der Waals surface area contributed by atoms with E-state index < -0.39 is 0 Å². The van der Waals surface area contributed by atoms with Crippen molar-refractivity contribution in [3.8, 4) is 0 Å². The van der Waals surface area contributed by atoms with E-state index in [-0.39, 0.29) is 17.9 Å². The van der Waals surface area contributed by atoms with Gasteiger partial charge in [0.25, 0.3) is 5.91 Å². The number of rotatable bonds is 3. The summed E-state index contributed by atoms with van der Waals surface area (Å²) in [5, 5.41) is 6.43. The summed E-state index contributed by atoms with van der Waals surface area (Å²) in [6.07, 6.45) is 5.62. The summed E-state index contributed by atoms with van der Waals surface area (Å²) in [6, 6.07) is 8.37. The molecule has 5 nitrogen and oxygen atoms in total. The Kier molecular flexibility index (Phi) is 3.87. The maximum absolute atomic E-state index is 12.5. The first-order valence-electron chi connectivity index (χ1n) is 8.36. The standard InChI is InChI=1S/C18H21N3O2/c22-17(20-15-8-7-12-4-1-2-6-14(12)15)16-11-23-18(21-16)13-5-3-9-19-10-13/h1-2,4,6,11,13,15,19H,3,5,7-10H2,(H,20,22). The average molecular weight is 311 g/mol. The monoisotopic (exact) mass is 311 g/mol. The van der Waals surface area contributed by atoms with Gasteiger partial charge in [0, 0.05) is 12.5 Å². The lowest BCUT2D eigenvalue weighted by atomic mass is 10.00. The number of aromatic nitrogens is 1. The molecular weight excluding hydrogens is 290 g/mol. The number of aryl methyl sites for hydroxylation is 1. The lowest BCUT2D eigenvalue weighted by molar-refractivity contribution is 0.0931. The van der Waals surface area contributed by atoms with Crippen molar-refractivity contribution in [1.82, 2.24) is 15.6 Å². The molecule has 0 spiro atoms. The van der Waals surface area contributed by atoms with Crippen molar-refractivity contribution >= 4 is 5.91 Å². The molecule has 0 saturated carbocycles. The van der Waals surface area contributed by atoms with Gasteiger partial charge in [0.15, 0.2) is 11.6 Å². The van der Waals surface area contributed by atoms with Crippen molar-refractivity contribution in [2.75, 3.05) is 13.1 Å². The Bertz CT molecular complexity index is 704. The zero-order chi connectivity index (χ0) is 15.6. The van der Waals surface area contributed by atoms with Crippen molar-refractivity contribution in [2.24, 2.45) is 0 Å². The number of amides is 1. The van der Waals surface area contributed by atoms with Gasteiger partial charge in [-0.1, -0.05) is 24.3 Å². The van der Waals surface area contributed by atoms with Crippen molar-refractivity contribution in [1.29, 1.82) is 0 Å². The topological polar surface area (TPSA) is 67.2 Å². The zero-order valence-electron chi connectivity index (χ0n) is 13.0. The lowest BCUT2D eigenvalue weighted by Gasteiger charge is -2.19. The van der Waals surface area contributed by atoms with E-state index in [0.29, 0.717) is 11.6 Å². The van der Waals surface area contributed by atoms with E-state index in [0.717, 1.165) is 38.8 Å². The number of oxazole rings is 1. The quantitative estimate of drug-likeness (QED) is 0.914. The van der Waals surface area contributed by atoms with Gasteiger partial charge in [-0.3, -0.25) is 4.79 Å². The highest BCUT2D eigenvalue weighted by molar-refractivity contribution is 5.92. The molecule has 120 valence electrons. The number of fused-ring (bicyclic) bond motifs is 1. The second kappa shape index (κ2) is 6.16. The molecule has 2 aliphatic rings. The summed E-state index contributed by atoms with van der Waals surface area (Å²) < 4.78 is 5.55. The van der Waals surface area contributed by atoms with Crippen LogP contribution in [0.2, 0.25) is 0 Å². The van der Waals surface area contributed by atoms with Crippen molar-refractivity contribution < 1.29 is 9.21 Å². The molecule has 5 heteroatoms. The van der Waals surface area contributed by atoms with Crippen LogP contribution in [-0.2, 0) is 6.42 Å². The van der Waals surface area contributed by atoms with Crippen LogP contribution in [0.4, 0.5) is 0 Å². The summed E-state index contributed by atoms with van der Waals surface area (Å²) >= 11 is 0. The van der Waals surface area contributed by atoms with Gasteiger partial charge in [-0.05, 0) is 43.4 Å². The lowest BCUT2D eigenvalue weighted by Crippen LogP contribution is -2.29. The molecule has 0 radical (unpaired) electrons. The molecule has 1 fully saturated rings. The predicted molar refractivity (Wildman–Crippen MR) is 86.3 cm³/mol. The fourth-order valence-corrected chi connectivity index (χ4v) is 3.58. The smallest absolute Gasteiger partial charge is 0.273 e. The van der Waals surface area contributed by atoms with Gasteiger partial charge >= 0.3 is 0 Å². The van der Waals surface area contributed by atoms with Crippen LogP contribution in [0.25, 0.3) is 0 Å². The summed E-state index contributed by atoms with van der Waals surface area (Å²) in [5.74, 6) is 0.803. The highest BCUT2D eigenvalue weighted by atomic mass is 16.3. The molecule has 1 aliphatic carbocycles. The SMILES string of the molecule is O=C(NC1CCc2ccccc21)c1coc(C2CCCNC2)n1. The molecule has 1 aromatic heterocycles. The summed E-state index contributed by atoms with van der Waals surface area (Å²) in [6.45, 7) is 1.92. The van der Waals surface area contributed by atoms with Gasteiger partial charge < -0.3 is 15.1 Å². The summed E-state index contributed by atoms with van der Waals surface area (Å²) in [5.41, 5.74) is 2.93. The van der Waals surface area contributed by atoms with Gasteiger partial charge in [-0.2, -0.15) is 0 Å². The number of hydrogen-bond donors (Lipinski definition) is 2. The van der Waals surface area contributed by atoms with E-state index in [2.05, 4.69) is 27.8 Å². The molecule has 0 bridgehead atoms. The van der Waals surface area contributed by atoms with E-state index in [1.54, 1.807) is 0 Å². The highest BCUT2D eigenvalue weighted by Crippen LogP contribution is 2.31.